The summed E-state index contributed by atoms with van der Waals surface area (Å²) in [5.41, 5.74) is 2.70. The van der Waals surface area contributed by atoms with Gasteiger partial charge >= 0.3 is 5.97 Å². The van der Waals surface area contributed by atoms with Gasteiger partial charge in [-0.3, -0.25) is 10.1 Å². The Kier molecular flexibility index (Phi) is 5.84. The molecule has 0 spiro atoms. The van der Waals surface area contributed by atoms with Gasteiger partial charge in [0.1, 0.15) is 6.61 Å². The monoisotopic (exact) mass is 325 g/mol. The second-order valence-corrected chi connectivity index (χ2v) is 5.69. The van der Waals surface area contributed by atoms with E-state index in [1.54, 1.807) is 12.1 Å². The number of benzene rings is 2. The molecule has 124 valence electrons. The van der Waals surface area contributed by atoms with Crippen molar-refractivity contribution in [3.63, 3.8) is 0 Å². The molecule has 0 saturated heterocycles. The van der Waals surface area contributed by atoms with Crippen LogP contribution in [0.25, 0.3) is 6.08 Å². The van der Waals surface area contributed by atoms with Crippen molar-refractivity contribution in [2.75, 3.05) is 0 Å². The number of nitro benzene ring substituents is 1. The lowest BCUT2D eigenvalue weighted by Crippen LogP contribution is -2.01. The predicted molar refractivity (Wildman–Crippen MR) is 92.5 cm³/mol. The van der Waals surface area contributed by atoms with Gasteiger partial charge in [0.2, 0.25) is 0 Å². The molecular weight excluding hydrogens is 306 g/mol. The van der Waals surface area contributed by atoms with E-state index in [2.05, 4.69) is 13.8 Å². The lowest BCUT2D eigenvalue weighted by Gasteiger charge is -2.07. The number of ether oxygens (including phenoxy) is 1. The molecule has 5 heteroatoms. The molecule has 0 heterocycles. The molecule has 0 bridgehead atoms. The van der Waals surface area contributed by atoms with E-state index in [9.17, 15) is 14.9 Å². The molecule has 24 heavy (non-hydrogen) atoms. The zero-order valence-electron chi connectivity index (χ0n) is 13.6. The third kappa shape index (κ3) is 5.05. The van der Waals surface area contributed by atoms with Crippen molar-refractivity contribution in [2.45, 2.75) is 26.4 Å². The maximum absolute atomic E-state index is 11.7. The molecule has 0 radical (unpaired) electrons. The number of rotatable bonds is 6. The molecule has 0 N–H and O–H groups in total. The Balaban J connectivity index is 1.91. The fraction of sp³-hybridized carbons (Fsp3) is 0.211. The number of nitrogens with zero attached hydrogens (tertiary/aromatic N) is 1. The lowest BCUT2D eigenvalue weighted by molar-refractivity contribution is -0.384. The quantitative estimate of drug-likeness (QED) is 0.340. The largest absolute Gasteiger partial charge is 0.458 e. The number of esters is 1. The third-order valence-corrected chi connectivity index (χ3v) is 3.52. The van der Waals surface area contributed by atoms with E-state index >= 15 is 0 Å². The summed E-state index contributed by atoms with van der Waals surface area (Å²) in [7, 11) is 0. The fourth-order valence-electron chi connectivity index (χ4n) is 2.11. The van der Waals surface area contributed by atoms with Crippen LogP contribution in [0.2, 0.25) is 0 Å². The standard InChI is InChI=1S/C19H19NO4/c1-14(2)17-9-6-16(7-10-17)13-24-19(21)11-8-15-4-3-5-18(12-15)20(22)23/h3-12,14H,13H2,1-2H3/b11-8+. The van der Waals surface area contributed by atoms with E-state index in [1.165, 1.54) is 29.8 Å². The van der Waals surface area contributed by atoms with Crippen LogP contribution in [0.5, 0.6) is 0 Å². The van der Waals surface area contributed by atoms with Crippen LogP contribution in [0.15, 0.2) is 54.6 Å². The summed E-state index contributed by atoms with van der Waals surface area (Å²) < 4.78 is 5.17. The number of hydrogen-bond acceptors (Lipinski definition) is 4. The molecule has 0 fully saturated rings. The smallest absolute Gasteiger partial charge is 0.331 e. The van der Waals surface area contributed by atoms with E-state index in [1.807, 2.05) is 24.3 Å². The summed E-state index contributed by atoms with van der Waals surface area (Å²) in [6.45, 7) is 4.43. The average Bonchev–Trinajstić information content (AvgIpc) is 2.58. The Labute approximate surface area is 140 Å². The molecule has 5 nitrogen and oxygen atoms in total. The van der Waals surface area contributed by atoms with Gasteiger partial charge < -0.3 is 4.74 Å². The van der Waals surface area contributed by atoms with Crippen molar-refractivity contribution in [1.82, 2.24) is 0 Å². The zero-order valence-corrected chi connectivity index (χ0v) is 13.6. The fourth-order valence-corrected chi connectivity index (χ4v) is 2.11. The molecule has 0 atom stereocenters. The maximum atomic E-state index is 11.7. The molecule has 0 aliphatic heterocycles. The first-order valence-electron chi connectivity index (χ1n) is 7.64. The molecule has 2 rings (SSSR count). The third-order valence-electron chi connectivity index (χ3n) is 3.52. The Hall–Kier alpha value is -2.95. The normalized spacial score (nSPS) is 11.0. The van der Waals surface area contributed by atoms with Crippen LogP contribution in [-0.4, -0.2) is 10.9 Å². The van der Waals surface area contributed by atoms with Gasteiger partial charge in [0.25, 0.3) is 5.69 Å². The molecule has 0 aliphatic rings. The van der Waals surface area contributed by atoms with Crippen LogP contribution in [-0.2, 0) is 16.1 Å². The van der Waals surface area contributed by atoms with Crippen molar-refractivity contribution < 1.29 is 14.5 Å². The SMILES string of the molecule is CC(C)c1ccc(COC(=O)/C=C/c2cccc([N+](=O)[O-])c2)cc1. The minimum Gasteiger partial charge on any atom is -0.458 e. The summed E-state index contributed by atoms with van der Waals surface area (Å²) in [5, 5.41) is 10.7. The van der Waals surface area contributed by atoms with Crippen LogP contribution < -0.4 is 0 Å². The number of carbonyl (C=O) groups is 1. The Bertz CT molecular complexity index is 748. The summed E-state index contributed by atoms with van der Waals surface area (Å²) in [4.78, 5) is 22.0. The van der Waals surface area contributed by atoms with Crippen molar-refractivity contribution in [3.05, 3.63) is 81.4 Å². The Morgan fingerprint density at radius 1 is 1.21 bits per heavy atom. The Morgan fingerprint density at radius 2 is 1.92 bits per heavy atom. The molecule has 2 aromatic rings. The van der Waals surface area contributed by atoms with Gasteiger partial charge in [-0.15, -0.1) is 0 Å². The molecule has 0 aromatic heterocycles. The van der Waals surface area contributed by atoms with Gasteiger partial charge in [-0.25, -0.2) is 4.79 Å². The highest BCUT2D eigenvalue weighted by Gasteiger charge is 2.05. The maximum Gasteiger partial charge on any atom is 0.331 e. The van der Waals surface area contributed by atoms with E-state index in [0.29, 0.717) is 11.5 Å². The highest BCUT2D eigenvalue weighted by Crippen LogP contribution is 2.16. The molecule has 0 saturated carbocycles. The van der Waals surface area contributed by atoms with Gasteiger partial charge in [-0.05, 0) is 28.7 Å². The van der Waals surface area contributed by atoms with Gasteiger partial charge in [0.05, 0.1) is 4.92 Å². The highest BCUT2D eigenvalue weighted by atomic mass is 16.6. The summed E-state index contributed by atoms with van der Waals surface area (Å²) in [6.07, 6.45) is 2.76. The minimum absolute atomic E-state index is 0.0178. The number of non-ortho nitro benzene ring substituents is 1. The van der Waals surface area contributed by atoms with Crippen LogP contribution in [0.3, 0.4) is 0 Å². The first-order chi connectivity index (χ1) is 11.5. The average molecular weight is 325 g/mol. The van der Waals surface area contributed by atoms with E-state index < -0.39 is 10.9 Å². The molecule has 0 amide bonds. The molecular formula is C19H19NO4. The second-order valence-electron chi connectivity index (χ2n) is 5.69. The number of carbonyl (C=O) groups excluding carboxylic acids is 1. The van der Waals surface area contributed by atoms with Gasteiger partial charge in [0.15, 0.2) is 0 Å². The van der Waals surface area contributed by atoms with Gasteiger partial charge in [-0.2, -0.15) is 0 Å². The van der Waals surface area contributed by atoms with Crippen LogP contribution >= 0.6 is 0 Å². The van der Waals surface area contributed by atoms with Crippen molar-refractivity contribution >= 4 is 17.7 Å². The second kappa shape index (κ2) is 8.06. The number of nitro groups is 1. The van der Waals surface area contributed by atoms with E-state index in [0.717, 1.165) is 5.56 Å². The van der Waals surface area contributed by atoms with Crippen molar-refractivity contribution in [3.8, 4) is 0 Å². The zero-order chi connectivity index (χ0) is 17.5. The summed E-state index contributed by atoms with van der Waals surface area (Å²) >= 11 is 0. The lowest BCUT2D eigenvalue weighted by atomic mass is 10.0. The minimum atomic E-state index is -0.491. The topological polar surface area (TPSA) is 69.4 Å². The van der Waals surface area contributed by atoms with Crippen molar-refractivity contribution in [2.24, 2.45) is 0 Å². The molecule has 0 aliphatic carbocycles. The van der Waals surface area contributed by atoms with Gasteiger partial charge in [0, 0.05) is 18.2 Å². The van der Waals surface area contributed by atoms with E-state index in [-0.39, 0.29) is 12.3 Å². The van der Waals surface area contributed by atoms with Gasteiger partial charge in [-0.1, -0.05) is 50.2 Å². The summed E-state index contributed by atoms with van der Waals surface area (Å²) in [5.74, 6) is -0.0334. The van der Waals surface area contributed by atoms with Crippen LogP contribution in [0.1, 0.15) is 36.5 Å². The summed E-state index contributed by atoms with van der Waals surface area (Å²) in [6, 6.07) is 14.0. The van der Waals surface area contributed by atoms with Crippen LogP contribution in [0, 0.1) is 10.1 Å². The van der Waals surface area contributed by atoms with Crippen LogP contribution in [0.4, 0.5) is 5.69 Å². The van der Waals surface area contributed by atoms with Crippen molar-refractivity contribution in [1.29, 1.82) is 0 Å². The molecule has 0 unspecified atom stereocenters. The number of hydrogen-bond donors (Lipinski definition) is 0. The Morgan fingerprint density at radius 3 is 2.54 bits per heavy atom. The first kappa shape index (κ1) is 17.4. The molecule has 2 aromatic carbocycles. The predicted octanol–water partition coefficient (Wildman–Crippen LogP) is 4.47. The first-order valence-corrected chi connectivity index (χ1v) is 7.64. The highest BCUT2D eigenvalue weighted by molar-refractivity contribution is 5.87. The van der Waals surface area contributed by atoms with E-state index in [4.69, 9.17) is 4.74 Å².